The molecular formula is C29H34N4O3. The molecule has 188 valence electrons. The van der Waals surface area contributed by atoms with E-state index in [1.807, 2.05) is 24.4 Å². The molecular weight excluding hydrogens is 452 g/mol. The van der Waals surface area contributed by atoms with E-state index in [-0.39, 0.29) is 11.5 Å². The third kappa shape index (κ3) is 4.53. The zero-order chi connectivity index (χ0) is 24.8. The summed E-state index contributed by atoms with van der Waals surface area (Å²) in [7, 11) is 0. The fourth-order valence-electron chi connectivity index (χ4n) is 5.23. The minimum absolute atomic E-state index is 0.141. The first-order valence-electron chi connectivity index (χ1n) is 12.8. The van der Waals surface area contributed by atoms with Gasteiger partial charge in [-0.15, -0.1) is 0 Å². The second kappa shape index (κ2) is 9.05. The third-order valence-corrected chi connectivity index (χ3v) is 7.83. The van der Waals surface area contributed by atoms with Crippen LogP contribution in [0.4, 0.5) is 5.95 Å². The average Bonchev–Trinajstić information content (AvgIpc) is 2.81. The molecule has 3 fully saturated rings. The van der Waals surface area contributed by atoms with E-state index in [9.17, 15) is 0 Å². The van der Waals surface area contributed by atoms with Gasteiger partial charge >= 0.3 is 0 Å². The van der Waals surface area contributed by atoms with Gasteiger partial charge in [-0.3, -0.25) is 0 Å². The van der Waals surface area contributed by atoms with E-state index in [2.05, 4.69) is 60.1 Å². The van der Waals surface area contributed by atoms with Gasteiger partial charge in [-0.2, -0.15) is 0 Å². The third-order valence-electron chi connectivity index (χ3n) is 7.83. The van der Waals surface area contributed by atoms with Crippen molar-refractivity contribution in [2.45, 2.75) is 50.9 Å². The molecule has 2 aliphatic heterocycles. The molecule has 2 N–H and O–H groups in total. The lowest BCUT2D eigenvalue weighted by molar-refractivity contribution is -0.127. The lowest BCUT2D eigenvalue weighted by Crippen LogP contribution is -2.66. The summed E-state index contributed by atoms with van der Waals surface area (Å²) < 4.78 is 17.4. The summed E-state index contributed by atoms with van der Waals surface area (Å²) in [6, 6.07) is 19.0. The highest BCUT2D eigenvalue weighted by molar-refractivity contribution is 5.42. The number of rotatable bonds is 8. The van der Waals surface area contributed by atoms with Crippen LogP contribution in [0.3, 0.4) is 0 Å². The lowest BCUT2D eigenvalue weighted by atomic mass is 9.78. The van der Waals surface area contributed by atoms with Gasteiger partial charge in [0.1, 0.15) is 24.2 Å². The quantitative estimate of drug-likeness (QED) is 0.514. The summed E-state index contributed by atoms with van der Waals surface area (Å²) in [5.74, 6) is 2.51. The van der Waals surface area contributed by atoms with E-state index in [0.717, 1.165) is 62.3 Å². The van der Waals surface area contributed by atoms with Gasteiger partial charge < -0.3 is 24.8 Å². The average molecular weight is 487 g/mol. The summed E-state index contributed by atoms with van der Waals surface area (Å²) in [5.41, 5.74) is 9.41. The zero-order valence-electron chi connectivity index (χ0n) is 21.0. The van der Waals surface area contributed by atoms with Crippen LogP contribution < -0.4 is 20.1 Å². The Morgan fingerprint density at radius 2 is 1.61 bits per heavy atom. The molecule has 0 radical (unpaired) electrons. The second-order valence-electron chi connectivity index (χ2n) is 11.1. The van der Waals surface area contributed by atoms with Gasteiger partial charge in [0.25, 0.3) is 0 Å². The largest absolute Gasteiger partial charge is 0.490 e. The molecule has 3 aromatic rings. The van der Waals surface area contributed by atoms with Gasteiger partial charge in [-0.25, -0.2) is 9.97 Å². The summed E-state index contributed by atoms with van der Waals surface area (Å²) in [4.78, 5) is 11.4. The Bertz CT molecular complexity index is 1190. The van der Waals surface area contributed by atoms with Crippen LogP contribution in [0.1, 0.15) is 43.5 Å². The first-order chi connectivity index (χ1) is 17.4. The summed E-state index contributed by atoms with van der Waals surface area (Å²) in [5, 5.41) is 0. The lowest BCUT2D eigenvalue weighted by Gasteiger charge is -2.54. The Morgan fingerprint density at radius 3 is 2.19 bits per heavy atom. The normalized spacial score (nSPS) is 22.4. The van der Waals surface area contributed by atoms with E-state index < -0.39 is 0 Å². The maximum atomic E-state index is 6.05. The Hall–Kier alpha value is -3.16. The van der Waals surface area contributed by atoms with Crippen LogP contribution in [0.5, 0.6) is 11.5 Å². The van der Waals surface area contributed by atoms with Crippen molar-refractivity contribution in [1.29, 1.82) is 0 Å². The van der Waals surface area contributed by atoms with E-state index in [1.54, 1.807) is 0 Å². The molecule has 36 heavy (non-hydrogen) atoms. The zero-order valence-corrected chi connectivity index (χ0v) is 21.0. The van der Waals surface area contributed by atoms with Crippen LogP contribution in [0.25, 0.3) is 0 Å². The topological polar surface area (TPSA) is 82.7 Å². The molecule has 0 atom stereocenters. The van der Waals surface area contributed by atoms with Crippen molar-refractivity contribution in [3.63, 3.8) is 0 Å². The van der Waals surface area contributed by atoms with Crippen LogP contribution >= 0.6 is 0 Å². The molecule has 2 aromatic carbocycles. The van der Waals surface area contributed by atoms with Crippen molar-refractivity contribution in [2.75, 3.05) is 31.2 Å². The first-order valence-corrected chi connectivity index (χ1v) is 12.8. The number of nitrogens with two attached hydrogens (primary N) is 1. The maximum absolute atomic E-state index is 6.05. The molecule has 3 heterocycles. The summed E-state index contributed by atoms with van der Waals surface area (Å²) in [6.07, 6.45) is 3.95. The Morgan fingerprint density at radius 1 is 0.972 bits per heavy atom. The number of benzene rings is 2. The highest BCUT2D eigenvalue weighted by Gasteiger charge is 2.49. The molecule has 0 unspecified atom stereocenters. The predicted octanol–water partition coefficient (Wildman–Crippen LogP) is 4.09. The predicted molar refractivity (Wildman–Crippen MR) is 138 cm³/mol. The van der Waals surface area contributed by atoms with Gasteiger partial charge in [0.15, 0.2) is 0 Å². The molecule has 6 rings (SSSR count). The minimum Gasteiger partial charge on any atom is -0.490 e. The maximum Gasteiger partial charge on any atom is 0.225 e. The second-order valence-corrected chi connectivity index (χ2v) is 11.1. The standard InChI is InChI=1S/C29H34N4O3/c1-28(2,21-5-9-25(10-6-21)36-26-13-22(30)14-26)20-3-7-24(8-4-20)35-15-23-11-12-31-27(32-23)33-16-29(17-33)18-34-19-29/h3-12,22,26H,13-19,30H2,1-2H3/t22-,26-. The van der Waals surface area contributed by atoms with Gasteiger partial charge in [-0.05, 0) is 54.3 Å². The number of nitrogens with zero attached hydrogens (tertiary/aromatic N) is 3. The van der Waals surface area contributed by atoms with E-state index in [4.69, 9.17) is 24.9 Å². The van der Waals surface area contributed by atoms with Crippen molar-refractivity contribution in [3.05, 3.63) is 77.6 Å². The van der Waals surface area contributed by atoms with Gasteiger partial charge in [-0.1, -0.05) is 38.1 Å². The smallest absolute Gasteiger partial charge is 0.225 e. The molecule has 2 saturated heterocycles. The van der Waals surface area contributed by atoms with Crippen LogP contribution in [0.2, 0.25) is 0 Å². The molecule has 7 heteroatoms. The van der Waals surface area contributed by atoms with Crippen molar-refractivity contribution >= 4 is 5.95 Å². The number of anilines is 1. The number of ether oxygens (including phenoxy) is 3. The fraction of sp³-hybridized carbons (Fsp3) is 0.448. The van der Waals surface area contributed by atoms with Crippen molar-refractivity contribution in [1.82, 2.24) is 9.97 Å². The molecule has 1 spiro atoms. The van der Waals surface area contributed by atoms with Crippen LogP contribution in [-0.2, 0) is 16.8 Å². The molecule has 0 bridgehead atoms. The molecule has 1 aliphatic carbocycles. The van der Waals surface area contributed by atoms with Gasteiger partial charge in [0, 0.05) is 30.7 Å². The fourth-order valence-corrected chi connectivity index (χ4v) is 5.23. The van der Waals surface area contributed by atoms with E-state index >= 15 is 0 Å². The monoisotopic (exact) mass is 486 g/mol. The molecule has 1 saturated carbocycles. The Balaban J connectivity index is 1.05. The Kier molecular flexibility index (Phi) is 5.85. The van der Waals surface area contributed by atoms with E-state index in [1.165, 1.54) is 11.1 Å². The Labute approximate surface area is 212 Å². The van der Waals surface area contributed by atoms with Crippen molar-refractivity contribution in [3.8, 4) is 11.5 Å². The molecule has 7 nitrogen and oxygen atoms in total. The number of aromatic nitrogens is 2. The van der Waals surface area contributed by atoms with Crippen molar-refractivity contribution < 1.29 is 14.2 Å². The van der Waals surface area contributed by atoms with Crippen LogP contribution in [0, 0.1) is 5.41 Å². The molecule has 0 amide bonds. The summed E-state index contributed by atoms with van der Waals surface area (Å²) in [6.45, 7) is 8.54. The van der Waals surface area contributed by atoms with Gasteiger partial charge in [0.05, 0.1) is 24.3 Å². The number of hydrogen-bond acceptors (Lipinski definition) is 7. The van der Waals surface area contributed by atoms with Gasteiger partial charge in [0.2, 0.25) is 5.95 Å². The minimum atomic E-state index is -0.141. The first kappa shape index (κ1) is 23.3. The molecule has 1 aromatic heterocycles. The van der Waals surface area contributed by atoms with Crippen LogP contribution in [0.15, 0.2) is 60.8 Å². The van der Waals surface area contributed by atoms with Crippen molar-refractivity contribution in [2.24, 2.45) is 11.1 Å². The SMILES string of the molecule is CC(C)(c1ccc(OCc2ccnc(N3CC4(COC4)C3)n2)cc1)c1ccc(O[C@H]2C[C@H](N)C2)cc1. The number of hydrogen-bond donors (Lipinski definition) is 1. The highest BCUT2D eigenvalue weighted by Crippen LogP contribution is 2.39. The highest BCUT2D eigenvalue weighted by atomic mass is 16.5. The molecule has 3 aliphatic rings. The van der Waals surface area contributed by atoms with E-state index in [0.29, 0.717) is 18.1 Å². The van der Waals surface area contributed by atoms with Crippen LogP contribution in [-0.4, -0.2) is 48.4 Å². The summed E-state index contributed by atoms with van der Waals surface area (Å²) >= 11 is 0.